The summed E-state index contributed by atoms with van der Waals surface area (Å²) in [6.45, 7) is 7.53. The second kappa shape index (κ2) is 55.9. The van der Waals surface area contributed by atoms with Gasteiger partial charge in [-0.15, -0.1) is 0 Å². The lowest BCUT2D eigenvalue weighted by atomic mass is 10.1. The molecular formula is C61H102O5. The van der Waals surface area contributed by atoms with Gasteiger partial charge in [-0.1, -0.05) is 233 Å². The Balaban J connectivity index is 4.32. The Kier molecular flexibility index (Phi) is 53.0. The zero-order valence-corrected chi connectivity index (χ0v) is 43.2. The van der Waals surface area contributed by atoms with Crippen molar-refractivity contribution >= 4 is 11.9 Å². The van der Waals surface area contributed by atoms with E-state index in [1.807, 2.05) is 0 Å². The van der Waals surface area contributed by atoms with Gasteiger partial charge in [0.1, 0.15) is 6.61 Å². The molecule has 5 heteroatoms. The van der Waals surface area contributed by atoms with Gasteiger partial charge in [0.15, 0.2) is 6.10 Å². The lowest BCUT2D eigenvalue weighted by Gasteiger charge is -2.18. The highest BCUT2D eigenvalue weighted by Crippen LogP contribution is 2.14. The molecule has 66 heavy (non-hydrogen) atoms. The maximum atomic E-state index is 12.8. The van der Waals surface area contributed by atoms with Crippen LogP contribution in [0, 0.1) is 0 Å². The molecule has 0 saturated heterocycles. The normalized spacial score (nSPS) is 13.1. The molecule has 0 N–H and O–H groups in total. The summed E-state index contributed by atoms with van der Waals surface area (Å²) in [5, 5.41) is 0. The van der Waals surface area contributed by atoms with Crippen molar-refractivity contribution in [2.24, 2.45) is 0 Å². The third-order valence-electron chi connectivity index (χ3n) is 11.3. The van der Waals surface area contributed by atoms with Crippen LogP contribution in [0.1, 0.15) is 239 Å². The molecule has 5 nitrogen and oxygen atoms in total. The molecule has 0 aliphatic heterocycles. The van der Waals surface area contributed by atoms with Crippen molar-refractivity contribution in [2.45, 2.75) is 245 Å². The predicted molar refractivity (Wildman–Crippen MR) is 288 cm³/mol. The summed E-state index contributed by atoms with van der Waals surface area (Å²) in [5.41, 5.74) is 0. The molecule has 0 fully saturated rings. The van der Waals surface area contributed by atoms with Crippen molar-refractivity contribution in [1.29, 1.82) is 0 Å². The van der Waals surface area contributed by atoms with Crippen LogP contribution in [0.2, 0.25) is 0 Å². The Morgan fingerprint density at radius 2 is 0.682 bits per heavy atom. The Morgan fingerprint density at radius 3 is 1.09 bits per heavy atom. The number of carbonyl (C=O) groups excluding carboxylic acids is 2. The van der Waals surface area contributed by atoms with Gasteiger partial charge in [-0.25, -0.2) is 0 Å². The van der Waals surface area contributed by atoms with Gasteiger partial charge in [0.05, 0.1) is 6.61 Å². The summed E-state index contributed by atoms with van der Waals surface area (Å²) < 4.78 is 17.4. The fraction of sp³-hybridized carbons (Fsp3) is 0.672. The average Bonchev–Trinajstić information content (AvgIpc) is 3.32. The molecule has 0 aromatic carbocycles. The summed E-state index contributed by atoms with van der Waals surface area (Å²) in [6, 6.07) is 0. The predicted octanol–water partition coefficient (Wildman–Crippen LogP) is 18.8. The number of esters is 2. The number of unbranched alkanes of at least 4 members (excludes halogenated alkanes) is 20. The highest BCUT2D eigenvalue weighted by atomic mass is 16.6. The fourth-order valence-corrected chi connectivity index (χ4v) is 7.29. The van der Waals surface area contributed by atoms with Crippen LogP contribution in [0.4, 0.5) is 0 Å². The van der Waals surface area contributed by atoms with Crippen molar-refractivity contribution in [1.82, 2.24) is 0 Å². The first kappa shape index (κ1) is 62.6. The molecule has 0 rings (SSSR count). The van der Waals surface area contributed by atoms with Gasteiger partial charge in [-0.3, -0.25) is 9.59 Å². The van der Waals surface area contributed by atoms with Gasteiger partial charge in [0.2, 0.25) is 0 Å². The summed E-state index contributed by atoms with van der Waals surface area (Å²) in [7, 11) is 0. The van der Waals surface area contributed by atoms with E-state index < -0.39 is 6.10 Å². The molecule has 0 aromatic rings. The summed E-state index contributed by atoms with van der Waals surface area (Å²) in [4.78, 5) is 25.4. The standard InChI is InChI=1S/C61H102O5/c1-4-7-10-13-16-19-22-24-26-28-30-32-34-36-38-41-44-47-50-53-56-64-57-59(66-61(63)55-52-49-46-43-39-21-18-15-12-9-6-3)58-65-60(62)54-51-48-45-42-40-37-35-33-31-29-27-25-23-20-17-14-11-8-5-2/h7-8,10-11,16-17,19-20,24-27,30-33,36,38,59H,4-6,9,12-15,18,21-23,28-29,34-35,37,39-58H2,1-3H3/b10-7-,11-8-,19-16-,20-17-,26-24-,27-25-,32-30-,33-31-,38-36-. The molecule has 0 amide bonds. The Morgan fingerprint density at radius 1 is 0.348 bits per heavy atom. The summed E-state index contributed by atoms with van der Waals surface area (Å²) in [5.74, 6) is -0.430. The maximum absolute atomic E-state index is 12.8. The largest absolute Gasteiger partial charge is 0.462 e. The first-order chi connectivity index (χ1) is 32.6. The van der Waals surface area contributed by atoms with Crippen LogP contribution in [0.5, 0.6) is 0 Å². The second-order valence-electron chi connectivity index (χ2n) is 17.7. The van der Waals surface area contributed by atoms with Crippen LogP contribution in [0.25, 0.3) is 0 Å². The Hall–Kier alpha value is -3.44. The van der Waals surface area contributed by atoms with Crippen LogP contribution in [0.3, 0.4) is 0 Å². The molecule has 1 unspecified atom stereocenters. The minimum Gasteiger partial charge on any atom is -0.462 e. The zero-order valence-electron chi connectivity index (χ0n) is 43.2. The van der Waals surface area contributed by atoms with Gasteiger partial charge < -0.3 is 14.2 Å². The smallest absolute Gasteiger partial charge is 0.306 e. The third-order valence-corrected chi connectivity index (χ3v) is 11.3. The van der Waals surface area contributed by atoms with Crippen LogP contribution >= 0.6 is 0 Å². The topological polar surface area (TPSA) is 61.8 Å². The fourth-order valence-electron chi connectivity index (χ4n) is 7.29. The minimum atomic E-state index is -0.560. The number of carbonyl (C=O) groups is 2. The van der Waals surface area contributed by atoms with Gasteiger partial charge in [-0.05, 0) is 103 Å². The number of hydrogen-bond donors (Lipinski definition) is 0. The van der Waals surface area contributed by atoms with Crippen LogP contribution < -0.4 is 0 Å². The molecule has 1 atom stereocenters. The van der Waals surface area contributed by atoms with E-state index in [9.17, 15) is 9.59 Å². The minimum absolute atomic E-state index is 0.0629. The second-order valence-corrected chi connectivity index (χ2v) is 17.7. The molecule has 0 radical (unpaired) electrons. The van der Waals surface area contributed by atoms with Crippen molar-refractivity contribution in [3.8, 4) is 0 Å². The molecule has 0 bridgehead atoms. The monoisotopic (exact) mass is 915 g/mol. The van der Waals surface area contributed by atoms with E-state index in [4.69, 9.17) is 14.2 Å². The zero-order chi connectivity index (χ0) is 47.7. The van der Waals surface area contributed by atoms with E-state index in [-0.39, 0.29) is 25.2 Å². The lowest BCUT2D eigenvalue weighted by molar-refractivity contribution is -0.163. The van der Waals surface area contributed by atoms with Gasteiger partial charge in [-0.2, -0.15) is 0 Å². The van der Waals surface area contributed by atoms with E-state index in [0.717, 1.165) is 116 Å². The lowest BCUT2D eigenvalue weighted by Crippen LogP contribution is -2.30. The molecular weight excluding hydrogens is 813 g/mol. The Labute approximate surface area is 408 Å². The molecule has 0 aliphatic carbocycles. The van der Waals surface area contributed by atoms with E-state index in [1.54, 1.807) is 0 Å². The molecule has 0 spiro atoms. The molecule has 0 saturated carbocycles. The van der Waals surface area contributed by atoms with Gasteiger partial charge in [0, 0.05) is 19.4 Å². The molecule has 376 valence electrons. The van der Waals surface area contributed by atoms with Crippen molar-refractivity contribution in [2.75, 3.05) is 19.8 Å². The number of ether oxygens (including phenoxy) is 3. The summed E-state index contributed by atoms with van der Waals surface area (Å²) in [6.07, 6.45) is 76.7. The quantitative estimate of drug-likeness (QED) is 0.0346. The highest BCUT2D eigenvalue weighted by Gasteiger charge is 2.17. The maximum Gasteiger partial charge on any atom is 0.306 e. The first-order valence-electron chi connectivity index (χ1n) is 27.4. The van der Waals surface area contributed by atoms with E-state index >= 15 is 0 Å². The van der Waals surface area contributed by atoms with E-state index in [0.29, 0.717) is 19.4 Å². The van der Waals surface area contributed by atoms with Crippen molar-refractivity contribution in [3.05, 3.63) is 109 Å². The molecule has 0 aromatic heterocycles. The van der Waals surface area contributed by atoms with Crippen LogP contribution in [-0.2, 0) is 23.8 Å². The third kappa shape index (κ3) is 53.2. The van der Waals surface area contributed by atoms with Crippen LogP contribution in [0.15, 0.2) is 109 Å². The summed E-state index contributed by atoms with van der Waals surface area (Å²) >= 11 is 0. The molecule has 0 heterocycles. The van der Waals surface area contributed by atoms with Gasteiger partial charge >= 0.3 is 11.9 Å². The molecule has 0 aliphatic rings. The van der Waals surface area contributed by atoms with Gasteiger partial charge in [0.25, 0.3) is 0 Å². The number of allylic oxidation sites excluding steroid dienone is 18. The van der Waals surface area contributed by atoms with E-state index in [1.165, 1.54) is 89.9 Å². The first-order valence-corrected chi connectivity index (χ1v) is 27.4. The highest BCUT2D eigenvalue weighted by molar-refractivity contribution is 5.70. The van der Waals surface area contributed by atoms with Crippen LogP contribution in [-0.4, -0.2) is 37.9 Å². The van der Waals surface area contributed by atoms with E-state index in [2.05, 4.69) is 130 Å². The SMILES string of the molecule is CC/C=C\C/C=C\C/C=C\C/C=C\C/C=C\CCCCCCOCC(COC(=O)CCCCCCCC/C=C\C/C=C\C/C=C\C/C=C\CC)OC(=O)CCCCCCCCCCCCC. The number of hydrogen-bond acceptors (Lipinski definition) is 5. The number of rotatable bonds is 49. The van der Waals surface area contributed by atoms with Crippen molar-refractivity contribution < 1.29 is 23.8 Å². The Bertz CT molecular complexity index is 1310. The average molecular weight is 915 g/mol. The van der Waals surface area contributed by atoms with Crippen molar-refractivity contribution in [3.63, 3.8) is 0 Å².